The predicted octanol–water partition coefficient (Wildman–Crippen LogP) is 5.10. The molecule has 0 aliphatic carbocycles. The highest BCUT2D eigenvalue weighted by molar-refractivity contribution is 5.33. The van der Waals surface area contributed by atoms with Crippen molar-refractivity contribution >= 4 is 0 Å². The zero-order valence-corrected chi connectivity index (χ0v) is 11.2. The smallest absolute Gasteiger partial charge is 0.0216 e. The highest BCUT2D eigenvalue weighted by Gasteiger charge is 2.03. The summed E-state index contributed by atoms with van der Waals surface area (Å²) in [6.45, 7) is 13.0. The Morgan fingerprint density at radius 1 is 1.13 bits per heavy atom. The van der Waals surface area contributed by atoms with E-state index >= 15 is 0 Å². The third-order valence-corrected chi connectivity index (χ3v) is 2.50. The third-order valence-electron chi connectivity index (χ3n) is 2.50. The van der Waals surface area contributed by atoms with E-state index in [4.69, 9.17) is 0 Å². The van der Waals surface area contributed by atoms with Crippen LogP contribution in [0, 0.1) is 6.92 Å². The summed E-state index contributed by atoms with van der Waals surface area (Å²) in [5, 5.41) is 0. The maximum absolute atomic E-state index is 2.36. The van der Waals surface area contributed by atoms with E-state index in [9.17, 15) is 0 Å². The van der Waals surface area contributed by atoms with Gasteiger partial charge in [0.25, 0.3) is 0 Å². The van der Waals surface area contributed by atoms with Crippen molar-refractivity contribution < 1.29 is 0 Å². The molecule has 1 rings (SSSR count). The molecule has 0 bridgehead atoms. The van der Waals surface area contributed by atoms with E-state index in [1.807, 2.05) is 13.8 Å². The summed E-state index contributed by atoms with van der Waals surface area (Å²) in [6.07, 6.45) is 2.45. The molecule has 0 radical (unpaired) electrons. The molecule has 0 saturated heterocycles. The lowest BCUT2D eigenvalue weighted by atomic mass is 9.95. The van der Waals surface area contributed by atoms with Crippen LogP contribution >= 0.6 is 0 Å². The second-order valence-corrected chi connectivity index (χ2v) is 4.10. The Hall–Kier alpha value is -0.780. The summed E-state index contributed by atoms with van der Waals surface area (Å²) < 4.78 is 0. The lowest BCUT2D eigenvalue weighted by molar-refractivity contribution is 0.844. The van der Waals surface area contributed by atoms with Crippen molar-refractivity contribution in [2.24, 2.45) is 0 Å². The quantitative estimate of drug-likeness (QED) is 0.645. The first kappa shape index (κ1) is 14.2. The monoisotopic (exact) mass is 206 g/mol. The second kappa shape index (κ2) is 7.50. The molecule has 0 aliphatic rings. The van der Waals surface area contributed by atoms with Crippen LogP contribution in [0.4, 0.5) is 0 Å². The molecule has 0 aromatic heterocycles. The number of rotatable bonds is 3. The SMILES string of the molecule is CC.CCCc1ccc(C)c(C(C)C)c1. The van der Waals surface area contributed by atoms with Crippen LogP contribution in [0.15, 0.2) is 18.2 Å². The molecule has 0 unspecified atom stereocenters. The van der Waals surface area contributed by atoms with Crippen molar-refractivity contribution in [1.29, 1.82) is 0 Å². The summed E-state index contributed by atoms with van der Waals surface area (Å²) in [7, 11) is 0. The van der Waals surface area contributed by atoms with Gasteiger partial charge < -0.3 is 0 Å². The zero-order valence-electron chi connectivity index (χ0n) is 11.2. The van der Waals surface area contributed by atoms with Gasteiger partial charge in [-0.05, 0) is 36.0 Å². The molecule has 15 heavy (non-hydrogen) atoms. The van der Waals surface area contributed by atoms with E-state index < -0.39 is 0 Å². The first-order valence-electron chi connectivity index (χ1n) is 6.24. The lowest BCUT2D eigenvalue weighted by Gasteiger charge is -2.11. The van der Waals surface area contributed by atoms with Gasteiger partial charge in [-0.2, -0.15) is 0 Å². The molecule has 0 N–H and O–H groups in total. The highest BCUT2D eigenvalue weighted by atomic mass is 14.1. The number of benzene rings is 1. The van der Waals surface area contributed by atoms with Crippen LogP contribution in [0.3, 0.4) is 0 Å². The fourth-order valence-electron chi connectivity index (χ4n) is 1.76. The lowest BCUT2D eigenvalue weighted by Crippen LogP contribution is -1.94. The zero-order chi connectivity index (χ0) is 11.8. The van der Waals surface area contributed by atoms with Gasteiger partial charge >= 0.3 is 0 Å². The van der Waals surface area contributed by atoms with Crippen molar-refractivity contribution in [1.82, 2.24) is 0 Å². The highest BCUT2D eigenvalue weighted by Crippen LogP contribution is 2.20. The minimum Gasteiger partial charge on any atom is -0.0683 e. The standard InChI is InChI=1S/C13H20.C2H6/c1-5-6-12-8-7-11(4)13(9-12)10(2)3;1-2/h7-10H,5-6H2,1-4H3;1-2H3. The Labute approximate surface area is 95.7 Å². The third kappa shape index (κ3) is 4.51. The van der Waals surface area contributed by atoms with Gasteiger partial charge in [0.15, 0.2) is 0 Å². The molecule has 0 atom stereocenters. The van der Waals surface area contributed by atoms with E-state index in [1.165, 1.54) is 29.5 Å². The van der Waals surface area contributed by atoms with E-state index in [0.717, 1.165) is 0 Å². The number of hydrogen-bond donors (Lipinski definition) is 0. The average molecular weight is 206 g/mol. The summed E-state index contributed by atoms with van der Waals surface area (Å²) in [5.74, 6) is 0.650. The molecule has 0 heteroatoms. The summed E-state index contributed by atoms with van der Waals surface area (Å²) in [6, 6.07) is 6.87. The summed E-state index contributed by atoms with van der Waals surface area (Å²) in [4.78, 5) is 0. The van der Waals surface area contributed by atoms with Crippen LogP contribution in [0.5, 0.6) is 0 Å². The Morgan fingerprint density at radius 3 is 2.20 bits per heavy atom. The molecule has 0 heterocycles. The van der Waals surface area contributed by atoms with Crippen molar-refractivity contribution in [3.63, 3.8) is 0 Å². The predicted molar refractivity (Wildman–Crippen MR) is 70.6 cm³/mol. The van der Waals surface area contributed by atoms with Crippen LogP contribution < -0.4 is 0 Å². The molecule has 1 aromatic rings. The van der Waals surface area contributed by atoms with Gasteiger partial charge in [0.1, 0.15) is 0 Å². The average Bonchev–Trinajstić information content (AvgIpc) is 2.24. The maximum atomic E-state index is 2.36. The van der Waals surface area contributed by atoms with Gasteiger partial charge in [0, 0.05) is 0 Å². The molecule has 0 aliphatic heterocycles. The summed E-state index contributed by atoms with van der Waals surface area (Å²) in [5.41, 5.74) is 4.41. The fourth-order valence-corrected chi connectivity index (χ4v) is 1.76. The second-order valence-electron chi connectivity index (χ2n) is 4.10. The van der Waals surface area contributed by atoms with Gasteiger partial charge in [0.2, 0.25) is 0 Å². The van der Waals surface area contributed by atoms with E-state index in [-0.39, 0.29) is 0 Å². The summed E-state index contributed by atoms with van der Waals surface area (Å²) >= 11 is 0. The first-order chi connectivity index (χ1) is 7.15. The van der Waals surface area contributed by atoms with Gasteiger partial charge in [-0.15, -0.1) is 0 Å². The largest absolute Gasteiger partial charge is 0.0683 e. The molecule has 0 nitrogen and oxygen atoms in total. The van der Waals surface area contributed by atoms with Gasteiger partial charge in [0.05, 0.1) is 0 Å². The van der Waals surface area contributed by atoms with Crippen molar-refractivity contribution in [3.05, 3.63) is 34.9 Å². The van der Waals surface area contributed by atoms with Crippen LogP contribution in [0.25, 0.3) is 0 Å². The van der Waals surface area contributed by atoms with Gasteiger partial charge in [-0.1, -0.05) is 59.2 Å². The normalized spacial score (nSPS) is 9.80. The van der Waals surface area contributed by atoms with E-state index in [0.29, 0.717) is 5.92 Å². The van der Waals surface area contributed by atoms with Gasteiger partial charge in [-0.3, -0.25) is 0 Å². The van der Waals surface area contributed by atoms with Crippen molar-refractivity contribution in [2.75, 3.05) is 0 Å². The van der Waals surface area contributed by atoms with Crippen LogP contribution in [-0.2, 0) is 6.42 Å². The van der Waals surface area contributed by atoms with Crippen molar-refractivity contribution in [2.45, 2.75) is 60.3 Å². The van der Waals surface area contributed by atoms with Crippen LogP contribution in [0.2, 0.25) is 0 Å². The molecule has 0 amide bonds. The Morgan fingerprint density at radius 2 is 1.73 bits per heavy atom. The van der Waals surface area contributed by atoms with E-state index in [1.54, 1.807) is 0 Å². The van der Waals surface area contributed by atoms with Gasteiger partial charge in [-0.25, -0.2) is 0 Å². The molecular weight excluding hydrogens is 180 g/mol. The Bertz CT molecular complexity index is 271. The van der Waals surface area contributed by atoms with Crippen LogP contribution in [-0.4, -0.2) is 0 Å². The molecule has 0 saturated carbocycles. The molecule has 86 valence electrons. The topological polar surface area (TPSA) is 0 Å². The van der Waals surface area contributed by atoms with E-state index in [2.05, 4.69) is 45.9 Å². The maximum Gasteiger partial charge on any atom is -0.0216 e. The minimum absolute atomic E-state index is 0.650. The molecule has 0 fully saturated rings. The number of hydrogen-bond acceptors (Lipinski definition) is 0. The molecular formula is C15H26. The minimum atomic E-state index is 0.650. The first-order valence-corrected chi connectivity index (χ1v) is 6.24. The van der Waals surface area contributed by atoms with Crippen LogP contribution in [0.1, 0.15) is 63.6 Å². The fraction of sp³-hybridized carbons (Fsp3) is 0.600. The molecule has 1 aromatic carbocycles. The van der Waals surface area contributed by atoms with Crippen molar-refractivity contribution in [3.8, 4) is 0 Å². The molecule has 0 spiro atoms. The Balaban J connectivity index is 0.000000921. The number of aryl methyl sites for hydroxylation is 2. The Kier molecular flexibility index (Phi) is 7.11.